The van der Waals surface area contributed by atoms with Gasteiger partial charge in [-0.05, 0) is 86.4 Å². The minimum Gasteiger partial charge on any atom is -0.513 e. The number of hydrogen-bond donors (Lipinski definition) is 2. The van der Waals surface area contributed by atoms with E-state index < -0.39 is 0 Å². The second kappa shape index (κ2) is 11.6. The van der Waals surface area contributed by atoms with Gasteiger partial charge in [-0.25, -0.2) is 4.98 Å². The van der Waals surface area contributed by atoms with Crippen LogP contribution in [0.1, 0.15) is 83.4 Å². The number of nitrogens with one attached hydrogen (secondary N) is 1. The molecule has 0 fully saturated rings. The summed E-state index contributed by atoms with van der Waals surface area (Å²) in [5, 5.41) is 12.7. The molecule has 0 radical (unpaired) electrons. The zero-order chi connectivity index (χ0) is 25.1. The van der Waals surface area contributed by atoms with Crippen LogP contribution in [0.3, 0.4) is 0 Å². The molecular weight excluding hydrogens is 450 g/mol. The van der Waals surface area contributed by atoms with E-state index in [1.165, 1.54) is 16.7 Å². The van der Waals surface area contributed by atoms with E-state index in [4.69, 9.17) is 4.98 Å². The number of aliphatic hydroxyl groups is 1. The molecule has 192 valence electrons. The molecular formula is C30H39N3O3. The fraction of sp³-hybridized carbons (Fsp3) is 0.400. The minimum absolute atomic E-state index is 0. The topological polar surface area (TPSA) is 98.7 Å². The predicted molar refractivity (Wildman–Crippen MR) is 147 cm³/mol. The molecule has 36 heavy (non-hydrogen) atoms. The summed E-state index contributed by atoms with van der Waals surface area (Å²) in [6.07, 6.45) is 5.94. The number of hydrogen-bond acceptors (Lipinski definition) is 3. The van der Waals surface area contributed by atoms with Gasteiger partial charge in [0.05, 0.1) is 5.76 Å². The number of carbonyl (C=O) groups excluding carboxylic acids is 1. The van der Waals surface area contributed by atoms with Crippen LogP contribution < -0.4 is 5.32 Å². The molecule has 2 aromatic carbocycles. The molecule has 0 aliphatic heterocycles. The first-order chi connectivity index (χ1) is 16.8. The summed E-state index contributed by atoms with van der Waals surface area (Å²) in [5.41, 5.74) is 8.13. The van der Waals surface area contributed by atoms with E-state index >= 15 is 0 Å². The van der Waals surface area contributed by atoms with E-state index in [0.717, 1.165) is 67.0 Å². The lowest BCUT2D eigenvalue weighted by molar-refractivity contribution is 0.102. The van der Waals surface area contributed by atoms with Crippen molar-refractivity contribution in [2.45, 2.75) is 78.7 Å². The molecule has 6 nitrogen and oxygen atoms in total. The first kappa shape index (κ1) is 27.2. The van der Waals surface area contributed by atoms with Crippen molar-refractivity contribution in [3.63, 3.8) is 0 Å². The van der Waals surface area contributed by atoms with Crippen LogP contribution in [0.15, 0.2) is 48.7 Å². The molecule has 4 rings (SSSR count). The molecule has 3 aromatic rings. The highest BCUT2D eigenvalue weighted by Crippen LogP contribution is 2.39. The van der Waals surface area contributed by atoms with E-state index in [1.54, 1.807) is 0 Å². The molecule has 4 N–H and O–H groups in total. The molecule has 1 aliphatic carbocycles. The summed E-state index contributed by atoms with van der Waals surface area (Å²) in [4.78, 5) is 18.2. The Bertz CT molecular complexity index is 1260. The number of imidazole rings is 1. The number of rotatable bonds is 9. The van der Waals surface area contributed by atoms with Gasteiger partial charge in [-0.3, -0.25) is 4.79 Å². The zero-order valence-electron chi connectivity index (χ0n) is 21.9. The van der Waals surface area contributed by atoms with Gasteiger partial charge in [0.15, 0.2) is 0 Å². The second-order valence-corrected chi connectivity index (χ2v) is 9.90. The molecule has 0 unspecified atom stereocenters. The summed E-state index contributed by atoms with van der Waals surface area (Å²) >= 11 is 0. The molecule has 1 amide bonds. The first-order valence-electron chi connectivity index (χ1n) is 12.7. The van der Waals surface area contributed by atoms with Gasteiger partial charge in [0.1, 0.15) is 11.5 Å². The van der Waals surface area contributed by atoms with Gasteiger partial charge in [0.25, 0.3) is 5.91 Å². The Hall–Kier alpha value is -3.38. The van der Waals surface area contributed by atoms with Crippen LogP contribution in [0.5, 0.6) is 0 Å². The number of nitrogens with zero attached hydrogens (tertiary/aromatic N) is 2. The normalized spacial score (nSPS) is 14.3. The largest absolute Gasteiger partial charge is 0.513 e. The molecule has 0 saturated carbocycles. The third-order valence-electron chi connectivity index (χ3n) is 7.27. The number of allylic oxidation sites excluding steroid dienone is 1. The number of benzene rings is 2. The quantitative estimate of drug-likeness (QED) is 0.262. The summed E-state index contributed by atoms with van der Waals surface area (Å²) < 4.78 is 2.20. The van der Waals surface area contributed by atoms with Crippen molar-refractivity contribution in [3.05, 3.63) is 82.4 Å². The molecule has 1 aromatic heterocycles. The Morgan fingerprint density at radius 2 is 1.92 bits per heavy atom. The number of aryl methyl sites for hydroxylation is 3. The van der Waals surface area contributed by atoms with Gasteiger partial charge in [-0.15, -0.1) is 0 Å². The van der Waals surface area contributed by atoms with Crippen molar-refractivity contribution >= 4 is 11.6 Å². The third-order valence-corrected chi connectivity index (χ3v) is 7.27. The van der Waals surface area contributed by atoms with Crippen LogP contribution >= 0.6 is 0 Å². The van der Waals surface area contributed by atoms with Gasteiger partial charge in [-0.2, -0.15) is 0 Å². The first-order valence-corrected chi connectivity index (χ1v) is 12.7. The predicted octanol–water partition coefficient (Wildman–Crippen LogP) is 6.58. The Kier molecular flexibility index (Phi) is 8.75. The Balaban J connectivity index is 0.00000361. The van der Waals surface area contributed by atoms with Crippen LogP contribution in [0.2, 0.25) is 0 Å². The maximum absolute atomic E-state index is 13.3. The third kappa shape index (κ3) is 5.71. The molecule has 0 saturated heterocycles. The molecule has 0 spiro atoms. The number of aliphatic hydroxyl groups excluding tert-OH is 1. The summed E-state index contributed by atoms with van der Waals surface area (Å²) in [5.74, 6) is 1.24. The van der Waals surface area contributed by atoms with Gasteiger partial charge >= 0.3 is 0 Å². The Morgan fingerprint density at radius 3 is 2.61 bits per heavy atom. The van der Waals surface area contributed by atoms with Crippen LogP contribution in [-0.2, 0) is 13.0 Å². The Morgan fingerprint density at radius 1 is 1.14 bits per heavy atom. The molecule has 1 aliphatic rings. The Labute approximate surface area is 214 Å². The monoisotopic (exact) mass is 489 g/mol. The van der Waals surface area contributed by atoms with E-state index in [2.05, 4.69) is 48.5 Å². The molecule has 1 heterocycles. The van der Waals surface area contributed by atoms with Gasteiger partial charge in [-0.1, -0.05) is 44.5 Å². The fourth-order valence-electron chi connectivity index (χ4n) is 5.11. The smallest absolute Gasteiger partial charge is 0.276 e. The van der Waals surface area contributed by atoms with Crippen molar-refractivity contribution in [3.8, 4) is 11.4 Å². The molecule has 0 bridgehead atoms. The average Bonchev–Trinajstić information content (AvgIpc) is 3.36. The number of amides is 1. The SMILES string of the molecule is C=C(O)C[C@@H]1CCc2cc(-c3nc(C(=O)Nc4ccc(C)c(C)c4)c(C)n3CCCCC)ccc21.O. The summed E-state index contributed by atoms with van der Waals surface area (Å²) in [7, 11) is 0. The van der Waals surface area contributed by atoms with Crippen molar-refractivity contribution in [2.24, 2.45) is 0 Å². The highest BCUT2D eigenvalue weighted by atomic mass is 16.3. The van der Waals surface area contributed by atoms with Crippen molar-refractivity contribution < 1.29 is 15.4 Å². The number of unbranched alkanes of at least 4 members (excludes halogenated alkanes) is 2. The average molecular weight is 490 g/mol. The highest BCUT2D eigenvalue weighted by Gasteiger charge is 2.25. The zero-order valence-corrected chi connectivity index (χ0v) is 21.9. The fourth-order valence-corrected chi connectivity index (χ4v) is 5.11. The lowest BCUT2D eigenvalue weighted by Gasteiger charge is -2.13. The molecule has 6 heteroatoms. The summed E-state index contributed by atoms with van der Waals surface area (Å²) in [6.45, 7) is 12.8. The molecule has 1 atom stereocenters. The van der Waals surface area contributed by atoms with Crippen LogP contribution in [0.4, 0.5) is 5.69 Å². The standard InChI is InChI=1S/C30H37N3O2.H2O/c1-6-7-8-15-33-22(5)28(30(35)31-26-13-9-19(2)20(3)16-26)32-29(33)25-12-14-27-23(17-21(4)34)10-11-24(27)18-25;/h9,12-14,16,18,23,34H,4,6-8,10-11,15,17H2,1-3,5H3,(H,31,35);1H2/t23-;/m0./s1. The number of aromatic nitrogens is 2. The maximum atomic E-state index is 13.3. The number of carbonyl (C=O) groups is 1. The van der Waals surface area contributed by atoms with Gasteiger partial charge in [0.2, 0.25) is 0 Å². The van der Waals surface area contributed by atoms with Crippen LogP contribution in [0.25, 0.3) is 11.4 Å². The second-order valence-electron chi connectivity index (χ2n) is 9.90. The van der Waals surface area contributed by atoms with E-state index in [9.17, 15) is 9.90 Å². The lowest BCUT2D eigenvalue weighted by atomic mass is 9.96. The maximum Gasteiger partial charge on any atom is 0.276 e. The number of anilines is 1. The van der Waals surface area contributed by atoms with E-state index in [-0.39, 0.29) is 17.1 Å². The lowest BCUT2D eigenvalue weighted by Crippen LogP contribution is -2.14. The summed E-state index contributed by atoms with van der Waals surface area (Å²) in [6, 6.07) is 12.5. The van der Waals surface area contributed by atoms with Crippen LogP contribution in [0, 0.1) is 20.8 Å². The van der Waals surface area contributed by atoms with Crippen molar-refractivity contribution in [2.75, 3.05) is 5.32 Å². The van der Waals surface area contributed by atoms with Crippen LogP contribution in [-0.4, -0.2) is 26.0 Å². The van der Waals surface area contributed by atoms with E-state index in [0.29, 0.717) is 18.0 Å². The van der Waals surface area contributed by atoms with Gasteiger partial charge in [0, 0.05) is 29.9 Å². The number of fused-ring (bicyclic) bond motifs is 1. The minimum atomic E-state index is -0.177. The van der Waals surface area contributed by atoms with Crippen molar-refractivity contribution in [1.29, 1.82) is 0 Å². The highest BCUT2D eigenvalue weighted by molar-refractivity contribution is 6.04. The van der Waals surface area contributed by atoms with Gasteiger partial charge < -0.3 is 20.5 Å². The van der Waals surface area contributed by atoms with E-state index in [1.807, 2.05) is 32.0 Å². The van der Waals surface area contributed by atoms with Crippen molar-refractivity contribution in [1.82, 2.24) is 9.55 Å².